The summed E-state index contributed by atoms with van der Waals surface area (Å²) in [7, 11) is 0. The van der Waals surface area contributed by atoms with Crippen LogP contribution in [0.25, 0.3) is 0 Å². The van der Waals surface area contributed by atoms with E-state index in [0.717, 1.165) is 119 Å². The second-order valence-corrected chi connectivity index (χ2v) is 31.0. The lowest BCUT2D eigenvalue weighted by atomic mass is 9.67. The number of allylic oxidation sites excluding steroid dienone is 8. The van der Waals surface area contributed by atoms with E-state index in [4.69, 9.17) is 18.9 Å². The SMILES string of the molecule is C.C.C.C.CCCCCc1cc(O)c2c(c1)OC(C)(C)[C@@H]1CCC(C)=C[C@@H]21.CCCCCc1cc2c(c(O)c1C(=O)O)[C@@H]1C=C(C)CC[C@H]1C(C)(C)O2.CCCc1cc(O)c2c(c1)OC(C)(C)[C@@H]1CCC(C)=C[C@@H]21.CCCc1cc2c(c(O)c1C(=O)O)[C@@H]1C=C(C)CC[C@H]1C(C)(C)O2. The van der Waals surface area contributed by atoms with Gasteiger partial charge in [-0.15, -0.1) is 0 Å². The summed E-state index contributed by atoms with van der Waals surface area (Å²) in [6, 6.07) is 11.9. The summed E-state index contributed by atoms with van der Waals surface area (Å²) < 4.78 is 25.2. The van der Waals surface area contributed by atoms with Crippen LogP contribution in [0.3, 0.4) is 0 Å². The first-order valence-corrected chi connectivity index (χ1v) is 35.8. The first kappa shape index (κ1) is 81.9. The molecule has 4 aromatic carbocycles. The zero-order valence-electron chi connectivity index (χ0n) is 59.7. The van der Waals surface area contributed by atoms with Crippen LogP contribution in [-0.4, -0.2) is 65.0 Å². The number of ether oxygens (including phenoxy) is 4. The highest BCUT2D eigenvalue weighted by atomic mass is 16.5. The number of aromatic hydroxyl groups is 4. The van der Waals surface area contributed by atoms with Crippen molar-refractivity contribution in [2.45, 2.75) is 315 Å². The molecule has 8 aliphatic rings. The Hall–Kier alpha value is -6.82. The minimum Gasteiger partial charge on any atom is -0.507 e. The van der Waals surface area contributed by atoms with E-state index in [1.54, 1.807) is 0 Å². The third-order valence-corrected chi connectivity index (χ3v) is 22.1. The number of carbonyl (C=O) groups is 2. The molecule has 98 heavy (non-hydrogen) atoms. The Bertz CT molecular complexity index is 3590. The Labute approximate surface area is 591 Å². The second kappa shape index (κ2) is 33.1. The molecular formula is C86H128O12. The maximum absolute atomic E-state index is 11.9. The fraction of sp³-hybridized carbons (Fsp3) is 0.605. The maximum atomic E-state index is 11.9. The Morgan fingerprint density at radius 3 is 0.980 bits per heavy atom. The van der Waals surface area contributed by atoms with Crippen molar-refractivity contribution in [3.63, 3.8) is 0 Å². The summed E-state index contributed by atoms with van der Waals surface area (Å²) in [5, 5.41) is 62.3. The van der Waals surface area contributed by atoms with E-state index in [0.29, 0.717) is 69.9 Å². The van der Waals surface area contributed by atoms with E-state index >= 15 is 0 Å². The molecule has 0 saturated carbocycles. The number of carboxylic acids is 2. The van der Waals surface area contributed by atoms with Crippen molar-refractivity contribution in [2.24, 2.45) is 23.7 Å². The van der Waals surface area contributed by atoms with Gasteiger partial charge in [0.15, 0.2) is 0 Å². The topological polar surface area (TPSA) is 192 Å². The zero-order valence-corrected chi connectivity index (χ0v) is 59.7. The molecule has 0 radical (unpaired) electrons. The molecule has 12 rings (SSSR count). The molecule has 0 amide bonds. The molecule has 0 aromatic heterocycles. The van der Waals surface area contributed by atoms with Gasteiger partial charge in [-0.25, -0.2) is 9.59 Å². The third kappa shape index (κ3) is 17.1. The molecule has 8 atom stereocenters. The molecule has 4 heterocycles. The number of rotatable bonds is 14. The Morgan fingerprint density at radius 2 is 0.673 bits per heavy atom. The highest BCUT2D eigenvalue weighted by molar-refractivity contribution is 5.95. The largest absolute Gasteiger partial charge is 0.507 e. The average Bonchev–Trinajstić information content (AvgIpc) is 0.755. The first-order valence-electron chi connectivity index (χ1n) is 35.8. The van der Waals surface area contributed by atoms with Crippen LogP contribution in [0.4, 0.5) is 0 Å². The summed E-state index contributed by atoms with van der Waals surface area (Å²) in [6.07, 6.45) is 29.4. The van der Waals surface area contributed by atoms with Crippen LogP contribution in [0.15, 0.2) is 83.0 Å². The lowest BCUT2D eigenvalue weighted by Gasteiger charge is -2.46. The van der Waals surface area contributed by atoms with Crippen molar-refractivity contribution in [2.75, 3.05) is 0 Å². The summed E-state index contributed by atoms with van der Waals surface area (Å²) in [4.78, 5) is 23.6. The molecule has 4 aromatic rings. The number of hydrogen-bond donors (Lipinski definition) is 6. The van der Waals surface area contributed by atoms with Crippen molar-refractivity contribution < 1.29 is 59.2 Å². The predicted molar refractivity (Wildman–Crippen MR) is 403 cm³/mol. The number of aryl methyl sites for hydroxylation is 4. The van der Waals surface area contributed by atoms with Gasteiger partial charge in [-0.2, -0.15) is 0 Å². The number of phenols is 4. The number of aromatic carboxylic acids is 2. The molecule has 6 N–H and O–H groups in total. The first-order chi connectivity index (χ1) is 44.4. The van der Waals surface area contributed by atoms with Gasteiger partial charge in [0.1, 0.15) is 79.5 Å². The number of phenolic OH excluding ortho intramolecular Hbond substituents is 2. The molecule has 0 bridgehead atoms. The monoisotopic (exact) mass is 1350 g/mol. The summed E-state index contributed by atoms with van der Waals surface area (Å²) >= 11 is 0. The number of fused-ring (bicyclic) bond motifs is 12. The molecule has 4 aliphatic heterocycles. The van der Waals surface area contributed by atoms with Gasteiger partial charge in [-0.3, -0.25) is 0 Å². The van der Waals surface area contributed by atoms with Crippen LogP contribution in [-0.2, 0) is 25.7 Å². The molecule has 4 aliphatic carbocycles. The van der Waals surface area contributed by atoms with Crippen LogP contribution >= 0.6 is 0 Å². The Morgan fingerprint density at radius 1 is 0.388 bits per heavy atom. The van der Waals surface area contributed by atoms with E-state index < -0.39 is 11.9 Å². The van der Waals surface area contributed by atoms with Crippen molar-refractivity contribution in [3.05, 3.63) is 139 Å². The maximum Gasteiger partial charge on any atom is 0.339 e. The van der Waals surface area contributed by atoms with Gasteiger partial charge in [0.2, 0.25) is 0 Å². The zero-order chi connectivity index (χ0) is 68.5. The predicted octanol–water partition coefficient (Wildman–Crippen LogP) is 23.3. The van der Waals surface area contributed by atoms with Crippen LogP contribution in [0, 0.1) is 23.7 Å². The van der Waals surface area contributed by atoms with Gasteiger partial charge < -0.3 is 49.6 Å². The van der Waals surface area contributed by atoms with Gasteiger partial charge >= 0.3 is 11.9 Å². The van der Waals surface area contributed by atoms with Crippen molar-refractivity contribution in [1.29, 1.82) is 0 Å². The normalized spacial score (nSPS) is 23.8. The van der Waals surface area contributed by atoms with Gasteiger partial charge in [0, 0.05) is 69.6 Å². The van der Waals surface area contributed by atoms with E-state index in [9.17, 15) is 40.2 Å². The molecular weight excluding hydrogens is 1220 g/mol. The van der Waals surface area contributed by atoms with E-state index in [2.05, 4.69) is 140 Å². The molecule has 0 fully saturated rings. The minimum absolute atomic E-state index is 0. The summed E-state index contributed by atoms with van der Waals surface area (Å²) in [5.74, 6) is 3.49. The van der Waals surface area contributed by atoms with Crippen LogP contribution < -0.4 is 18.9 Å². The smallest absolute Gasteiger partial charge is 0.339 e. The molecule has 12 nitrogen and oxygen atoms in total. The van der Waals surface area contributed by atoms with Crippen LogP contribution in [0.2, 0.25) is 0 Å². The molecule has 12 heteroatoms. The highest BCUT2D eigenvalue weighted by Crippen LogP contribution is 2.59. The van der Waals surface area contributed by atoms with E-state index in [-0.39, 0.29) is 110 Å². The van der Waals surface area contributed by atoms with Gasteiger partial charge in [0.25, 0.3) is 0 Å². The molecule has 0 spiro atoms. The van der Waals surface area contributed by atoms with E-state index in [1.807, 2.05) is 31.2 Å². The fourth-order valence-electron chi connectivity index (χ4n) is 17.2. The minimum atomic E-state index is -1.07. The summed E-state index contributed by atoms with van der Waals surface area (Å²) in [5.41, 5.74) is 11.5. The molecule has 0 unspecified atom stereocenters. The van der Waals surface area contributed by atoms with Crippen LogP contribution in [0.5, 0.6) is 46.0 Å². The number of benzene rings is 4. The second-order valence-electron chi connectivity index (χ2n) is 31.0. The summed E-state index contributed by atoms with van der Waals surface area (Å²) in [6.45, 7) is 34.2. The van der Waals surface area contributed by atoms with Gasteiger partial charge in [0.05, 0.1) is 0 Å². The lowest BCUT2D eigenvalue weighted by molar-refractivity contribution is 0.0102. The van der Waals surface area contributed by atoms with Crippen molar-refractivity contribution in [3.8, 4) is 46.0 Å². The van der Waals surface area contributed by atoms with Gasteiger partial charge in [-0.05, 0) is 232 Å². The fourth-order valence-corrected chi connectivity index (χ4v) is 17.2. The highest BCUT2D eigenvalue weighted by Gasteiger charge is 2.50. The van der Waals surface area contributed by atoms with Crippen molar-refractivity contribution in [1.82, 2.24) is 0 Å². The van der Waals surface area contributed by atoms with Crippen LogP contribution in [0.1, 0.15) is 332 Å². The third-order valence-electron chi connectivity index (χ3n) is 22.1. The molecule has 0 saturated heterocycles. The quantitative estimate of drug-likeness (QED) is 0.0518. The number of hydrogen-bond acceptors (Lipinski definition) is 10. The van der Waals surface area contributed by atoms with Crippen molar-refractivity contribution >= 4 is 11.9 Å². The average molecular weight is 1350 g/mol. The Kier molecular flexibility index (Phi) is 27.7. The number of carboxylic acid groups (broad SMARTS) is 2. The standard InChI is InChI=1S/C22H30O4.C21H30O2.C20H26O4.C19H26O2.4CH4/c1-5-6-7-8-14-12-17-19(20(23)18(14)21(24)25)15-11-13(2)9-10-16(15)22(3,4)26-17;1-5-6-7-8-15-12-18(22)20-16-11-14(2)9-10-17(16)21(3,4)23-19(20)13-15;1-5-6-12-10-15-17(18(21)16(12)19(22)23)13-9-11(2)7-8-14(13)20(3,4)24-15;1-5-6-13-10-16(20)18-14-9-12(2)7-8-15(14)19(3,4)21-17(18)11-13;;;;/h11-12,15-16,23H,5-10H2,1-4H3,(H,24,25);11-13,16-17,22H,5-10H2,1-4H3;9-10,13-14,21H,5-8H2,1-4H3,(H,22,23);9-11,14-15,20H,5-8H2,1-4H3;4*1H4/t15-,16-;16-,17-;13-,14-;14-,15-;;;;/m1111..../s1. The molecule has 544 valence electrons. The van der Waals surface area contributed by atoms with E-state index in [1.165, 1.54) is 52.7 Å². The number of unbranched alkanes of at least 4 members (excludes halogenated alkanes) is 4. The lowest BCUT2D eigenvalue weighted by Crippen LogP contribution is -2.45. The van der Waals surface area contributed by atoms with Gasteiger partial charge in [-0.1, -0.05) is 143 Å². The Balaban J connectivity index is 0.000000233.